The molecule has 0 aliphatic heterocycles. The summed E-state index contributed by atoms with van der Waals surface area (Å²) in [4.78, 5) is 13.6. The zero-order valence-corrected chi connectivity index (χ0v) is 5.97. The van der Waals surface area contributed by atoms with E-state index in [9.17, 15) is 4.79 Å². The smallest absolute Gasteiger partial charge is 0.211 e. The van der Waals surface area contributed by atoms with Crippen LogP contribution in [-0.4, -0.2) is 11.4 Å². The van der Waals surface area contributed by atoms with Crippen LogP contribution in [0.2, 0.25) is 0 Å². The summed E-state index contributed by atoms with van der Waals surface area (Å²) in [6.07, 6.45) is 3.85. The highest BCUT2D eigenvalue weighted by atomic mass is 35.5. The van der Waals surface area contributed by atoms with Crippen molar-refractivity contribution in [3.05, 3.63) is 24.5 Å². The average Bonchev–Trinajstić information content (AvgIpc) is 1.91. The largest absolute Gasteiger partial charge is 0.327 e. The highest BCUT2D eigenvalue weighted by molar-refractivity contribution is 5.85. The van der Waals surface area contributed by atoms with Crippen LogP contribution < -0.4 is 5.32 Å². The maximum absolute atomic E-state index is 9.84. The zero-order chi connectivity index (χ0) is 6.53. The topological polar surface area (TPSA) is 42.0 Å². The maximum atomic E-state index is 9.84. The van der Waals surface area contributed by atoms with Crippen LogP contribution in [0, 0.1) is 0 Å². The Labute approximate surface area is 64.9 Å². The lowest BCUT2D eigenvalue weighted by atomic mass is 10.4. The third-order valence-corrected chi connectivity index (χ3v) is 0.887. The first-order chi connectivity index (χ1) is 4.43. The Morgan fingerprint density at radius 2 is 2.40 bits per heavy atom. The fourth-order valence-corrected chi connectivity index (χ4v) is 0.516. The Balaban J connectivity index is 0.000000810. The highest BCUT2D eigenvalue weighted by Crippen LogP contribution is 1.98. The number of aromatic nitrogens is 1. The molecule has 1 aromatic heterocycles. The van der Waals surface area contributed by atoms with Gasteiger partial charge in [-0.05, 0) is 12.1 Å². The number of hydrogen-bond acceptors (Lipinski definition) is 2. The molecular weight excluding hydrogens is 152 g/mol. The SMILES string of the molecule is Cl.O=CNc1cccnc1. The molecule has 0 atom stereocenters. The minimum absolute atomic E-state index is 0. The van der Waals surface area contributed by atoms with Crippen LogP contribution in [0.3, 0.4) is 0 Å². The number of nitrogens with one attached hydrogen (secondary N) is 1. The molecule has 1 heterocycles. The van der Waals surface area contributed by atoms with E-state index in [0.717, 1.165) is 0 Å². The summed E-state index contributed by atoms with van der Waals surface area (Å²) in [6, 6.07) is 3.52. The van der Waals surface area contributed by atoms with Crippen LogP contribution in [0.25, 0.3) is 0 Å². The molecule has 4 heteroatoms. The van der Waals surface area contributed by atoms with E-state index in [1.54, 1.807) is 24.5 Å². The number of nitrogens with zero attached hydrogens (tertiary/aromatic N) is 1. The zero-order valence-electron chi connectivity index (χ0n) is 5.15. The number of anilines is 1. The predicted octanol–water partition coefficient (Wildman–Crippen LogP) is 1.07. The summed E-state index contributed by atoms with van der Waals surface area (Å²) in [7, 11) is 0. The average molecular weight is 159 g/mol. The maximum Gasteiger partial charge on any atom is 0.211 e. The molecule has 0 spiro atoms. The van der Waals surface area contributed by atoms with Gasteiger partial charge in [-0.1, -0.05) is 0 Å². The minimum atomic E-state index is 0. The molecule has 0 aromatic carbocycles. The lowest BCUT2D eigenvalue weighted by Gasteiger charge is -1.92. The first-order valence-corrected chi connectivity index (χ1v) is 2.53. The third kappa shape index (κ3) is 2.46. The van der Waals surface area contributed by atoms with Crippen molar-refractivity contribution in [2.75, 3.05) is 5.32 Å². The van der Waals surface area contributed by atoms with Gasteiger partial charge in [0, 0.05) is 6.20 Å². The van der Waals surface area contributed by atoms with Crippen molar-refractivity contribution in [2.45, 2.75) is 0 Å². The number of carbonyl (C=O) groups is 1. The van der Waals surface area contributed by atoms with Crippen molar-refractivity contribution in [1.82, 2.24) is 4.98 Å². The number of carbonyl (C=O) groups excluding carboxylic acids is 1. The summed E-state index contributed by atoms with van der Waals surface area (Å²) in [5.41, 5.74) is 0.715. The summed E-state index contributed by atoms with van der Waals surface area (Å²) in [5, 5.41) is 2.46. The van der Waals surface area contributed by atoms with Crippen LogP contribution in [0.15, 0.2) is 24.5 Å². The van der Waals surface area contributed by atoms with E-state index in [2.05, 4.69) is 10.3 Å². The molecule has 10 heavy (non-hydrogen) atoms. The first-order valence-electron chi connectivity index (χ1n) is 2.53. The van der Waals surface area contributed by atoms with E-state index in [0.29, 0.717) is 12.1 Å². The molecule has 0 bridgehead atoms. The van der Waals surface area contributed by atoms with Crippen LogP contribution in [0.4, 0.5) is 5.69 Å². The van der Waals surface area contributed by atoms with Gasteiger partial charge in [0.25, 0.3) is 0 Å². The van der Waals surface area contributed by atoms with E-state index >= 15 is 0 Å². The summed E-state index contributed by atoms with van der Waals surface area (Å²) >= 11 is 0. The van der Waals surface area contributed by atoms with Gasteiger partial charge in [0.05, 0.1) is 11.9 Å². The van der Waals surface area contributed by atoms with Crippen molar-refractivity contribution in [3.63, 3.8) is 0 Å². The minimum Gasteiger partial charge on any atom is -0.327 e. The molecule has 3 nitrogen and oxygen atoms in total. The lowest BCUT2D eigenvalue weighted by Crippen LogP contribution is -1.92. The molecule has 0 fully saturated rings. The highest BCUT2D eigenvalue weighted by Gasteiger charge is 1.82. The molecule has 0 unspecified atom stereocenters. The Morgan fingerprint density at radius 3 is 2.90 bits per heavy atom. The molecular formula is C6H7ClN2O. The summed E-state index contributed by atoms with van der Waals surface area (Å²) in [6.45, 7) is 0. The molecule has 0 aliphatic rings. The van der Waals surface area contributed by atoms with E-state index in [1.165, 1.54) is 0 Å². The molecule has 1 rings (SSSR count). The van der Waals surface area contributed by atoms with Gasteiger partial charge in [-0.3, -0.25) is 9.78 Å². The Kier molecular flexibility index (Phi) is 4.24. The van der Waals surface area contributed by atoms with E-state index in [1.807, 2.05) is 0 Å². The predicted molar refractivity (Wildman–Crippen MR) is 41.2 cm³/mol. The van der Waals surface area contributed by atoms with Crippen LogP contribution in [0.5, 0.6) is 0 Å². The second-order valence-electron chi connectivity index (χ2n) is 1.50. The summed E-state index contributed by atoms with van der Waals surface area (Å²) in [5.74, 6) is 0. The third-order valence-electron chi connectivity index (χ3n) is 0.887. The van der Waals surface area contributed by atoms with Crippen LogP contribution in [-0.2, 0) is 4.79 Å². The fraction of sp³-hybridized carbons (Fsp3) is 0. The Morgan fingerprint density at radius 1 is 1.60 bits per heavy atom. The van der Waals surface area contributed by atoms with Crippen LogP contribution >= 0.6 is 12.4 Å². The van der Waals surface area contributed by atoms with Crippen molar-refractivity contribution in [2.24, 2.45) is 0 Å². The van der Waals surface area contributed by atoms with Gasteiger partial charge in [-0.25, -0.2) is 0 Å². The number of pyridine rings is 1. The van der Waals surface area contributed by atoms with Gasteiger partial charge in [0.15, 0.2) is 0 Å². The number of amides is 1. The molecule has 1 aromatic rings. The van der Waals surface area contributed by atoms with Gasteiger partial charge in [-0.15, -0.1) is 12.4 Å². The molecule has 0 saturated heterocycles. The number of halogens is 1. The van der Waals surface area contributed by atoms with Gasteiger partial charge in [0.2, 0.25) is 6.41 Å². The fourth-order valence-electron chi connectivity index (χ4n) is 0.516. The van der Waals surface area contributed by atoms with Crippen molar-refractivity contribution >= 4 is 24.5 Å². The number of rotatable bonds is 2. The molecule has 0 radical (unpaired) electrons. The lowest BCUT2D eigenvalue weighted by molar-refractivity contribution is -0.105. The summed E-state index contributed by atoms with van der Waals surface area (Å²) < 4.78 is 0. The standard InChI is InChI=1S/C6H6N2O.ClH/c9-5-8-6-2-1-3-7-4-6;/h1-5H,(H,8,9);1H. The Hall–Kier alpha value is -1.09. The molecule has 0 aliphatic carbocycles. The monoisotopic (exact) mass is 158 g/mol. The molecule has 54 valence electrons. The second kappa shape index (κ2) is 4.76. The number of hydrogen-bond donors (Lipinski definition) is 1. The Bertz CT molecular complexity index is 190. The van der Waals surface area contributed by atoms with E-state index in [4.69, 9.17) is 0 Å². The quantitative estimate of drug-likeness (QED) is 0.655. The molecule has 1 N–H and O–H groups in total. The van der Waals surface area contributed by atoms with Gasteiger partial charge < -0.3 is 5.32 Å². The van der Waals surface area contributed by atoms with Crippen molar-refractivity contribution < 1.29 is 4.79 Å². The van der Waals surface area contributed by atoms with Crippen molar-refractivity contribution in [3.8, 4) is 0 Å². The van der Waals surface area contributed by atoms with E-state index < -0.39 is 0 Å². The van der Waals surface area contributed by atoms with Gasteiger partial charge >= 0.3 is 0 Å². The normalized spacial score (nSPS) is 7.60. The molecule has 1 amide bonds. The van der Waals surface area contributed by atoms with Gasteiger partial charge in [-0.2, -0.15) is 0 Å². The second-order valence-corrected chi connectivity index (χ2v) is 1.50. The van der Waals surface area contributed by atoms with E-state index in [-0.39, 0.29) is 12.4 Å². The van der Waals surface area contributed by atoms with Crippen molar-refractivity contribution in [1.29, 1.82) is 0 Å². The first kappa shape index (κ1) is 8.91. The van der Waals surface area contributed by atoms with Crippen LogP contribution in [0.1, 0.15) is 0 Å². The molecule has 0 saturated carbocycles. The van der Waals surface area contributed by atoms with Gasteiger partial charge in [0.1, 0.15) is 0 Å².